The van der Waals surface area contributed by atoms with E-state index in [0.717, 1.165) is 33.2 Å². The smallest absolute Gasteiger partial charge is 0.246 e. The molecule has 0 radical (unpaired) electrons. The number of pyridine rings is 1. The molecule has 19 heavy (non-hydrogen) atoms. The molecule has 0 atom stereocenters. The summed E-state index contributed by atoms with van der Waals surface area (Å²) in [6.07, 6.45) is 1.78. The lowest BCUT2D eigenvalue weighted by molar-refractivity contribution is -0.0420. The molecule has 0 saturated heterocycles. The molecule has 2 heterocycles. The Kier molecular flexibility index (Phi) is 1.89. The molecule has 0 bridgehead atoms. The van der Waals surface area contributed by atoms with E-state index < -0.39 is 5.79 Å². The highest BCUT2D eigenvalue weighted by Gasteiger charge is 2.35. The number of hydrogen-bond donors (Lipinski definition) is 0. The van der Waals surface area contributed by atoms with Gasteiger partial charge < -0.3 is 9.47 Å². The molecule has 0 saturated carbocycles. The molecule has 1 aromatic heterocycles. The zero-order chi connectivity index (χ0) is 13.0. The molecule has 0 amide bonds. The molecule has 0 aliphatic carbocycles. The summed E-state index contributed by atoms with van der Waals surface area (Å²) >= 11 is 0. The highest BCUT2D eigenvalue weighted by Crippen LogP contribution is 2.48. The molecule has 0 N–H and O–H groups in total. The maximum Gasteiger partial charge on any atom is 0.246 e. The van der Waals surface area contributed by atoms with Crippen molar-refractivity contribution in [2.24, 2.45) is 0 Å². The van der Waals surface area contributed by atoms with Gasteiger partial charge in [-0.05, 0) is 11.5 Å². The number of nitrogens with zero attached hydrogens (tertiary/aromatic N) is 1. The molecule has 1 aliphatic rings. The highest BCUT2D eigenvalue weighted by molar-refractivity contribution is 6.12. The van der Waals surface area contributed by atoms with E-state index in [0.29, 0.717) is 0 Å². The first kappa shape index (κ1) is 10.6. The van der Waals surface area contributed by atoms with Crippen molar-refractivity contribution in [1.82, 2.24) is 4.98 Å². The lowest BCUT2D eigenvalue weighted by atomic mass is 10.0. The second kappa shape index (κ2) is 3.38. The number of fused-ring (bicyclic) bond motifs is 6. The van der Waals surface area contributed by atoms with Crippen molar-refractivity contribution in [2.75, 3.05) is 0 Å². The van der Waals surface area contributed by atoms with E-state index in [1.165, 1.54) is 0 Å². The Bertz CT molecular complexity index is 742. The first-order valence-corrected chi connectivity index (χ1v) is 6.33. The van der Waals surface area contributed by atoms with Crippen LogP contribution in [0, 0.1) is 0 Å². The van der Waals surface area contributed by atoms with Gasteiger partial charge in [0, 0.05) is 30.8 Å². The van der Waals surface area contributed by atoms with Crippen molar-refractivity contribution in [3.8, 4) is 11.5 Å². The average molecular weight is 251 g/mol. The third-order valence-corrected chi connectivity index (χ3v) is 3.39. The molecule has 2 aromatic carbocycles. The standard InChI is InChI=1S/C16H13NO2/c1-16(2)18-14-12-7-4-3-6-10(12)11-8-5-9-17-13(11)15(14)19-16/h3-9H,1-2H3. The Labute approximate surface area is 110 Å². The third-order valence-electron chi connectivity index (χ3n) is 3.39. The monoisotopic (exact) mass is 251 g/mol. The molecule has 1 aliphatic heterocycles. The van der Waals surface area contributed by atoms with Crippen LogP contribution in [0.5, 0.6) is 11.5 Å². The molecule has 3 nitrogen and oxygen atoms in total. The van der Waals surface area contributed by atoms with Crippen molar-refractivity contribution >= 4 is 21.7 Å². The number of ether oxygens (including phenoxy) is 2. The molecular weight excluding hydrogens is 238 g/mol. The van der Waals surface area contributed by atoms with Gasteiger partial charge >= 0.3 is 0 Å². The van der Waals surface area contributed by atoms with Crippen LogP contribution in [0.2, 0.25) is 0 Å². The van der Waals surface area contributed by atoms with Crippen molar-refractivity contribution in [3.63, 3.8) is 0 Å². The summed E-state index contributed by atoms with van der Waals surface area (Å²) in [6, 6.07) is 12.2. The molecule has 3 heteroatoms. The summed E-state index contributed by atoms with van der Waals surface area (Å²) in [5, 5.41) is 3.31. The van der Waals surface area contributed by atoms with Crippen LogP contribution in [0.1, 0.15) is 13.8 Å². The van der Waals surface area contributed by atoms with Gasteiger partial charge in [-0.25, -0.2) is 0 Å². The van der Waals surface area contributed by atoms with E-state index in [9.17, 15) is 0 Å². The Morgan fingerprint density at radius 3 is 2.37 bits per heavy atom. The van der Waals surface area contributed by atoms with Crippen LogP contribution >= 0.6 is 0 Å². The van der Waals surface area contributed by atoms with Gasteiger partial charge in [-0.15, -0.1) is 0 Å². The van der Waals surface area contributed by atoms with Crippen molar-refractivity contribution in [3.05, 3.63) is 42.6 Å². The van der Waals surface area contributed by atoms with Crippen molar-refractivity contribution in [1.29, 1.82) is 0 Å². The minimum atomic E-state index is -0.642. The van der Waals surface area contributed by atoms with Gasteiger partial charge in [0.25, 0.3) is 0 Å². The van der Waals surface area contributed by atoms with Crippen LogP contribution < -0.4 is 9.47 Å². The third kappa shape index (κ3) is 1.41. The summed E-state index contributed by atoms with van der Waals surface area (Å²) in [7, 11) is 0. The fourth-order valence-corrected chi connectivity index (χ4v) is 2.66. The SMILES string of the molecule is CC1(C)Oc2c(c3ncccc3c3ccccc23)O1. The van der Waals surface area contributed by atoms with Gasteiger partial charge in [0.1, 0.15) is 5.52 Å². The fourth-order valence-electron chi connectivity index (χ4n) is 2.66. The first-order chi connectivity index (χ1) is 9.16. The van der Waals surface area contributed by atoms with E-state index in [1.54, 1.807) is 6.20 Å². The summed E-state index contributed by atoms with van der Waals surface area (Å²) in [5.74, 6) is 0.905. The molecule has 4 rings (SSSR count). The van der Waals surface area contributed by atoms with Crippen molar-refractivity contribution < 1.29 is 9.47 Å². The summed E-state index contributed by atoms with van der Waals surface area (Å²) in [4.78, 5) is 4.46. The average Bonchev–Trinajstić information content (AvgIpc) is 2.75. The van der Waals surface area contributed by atoms with Gasteiger partial charge in [0.2, 0.25) is 5.79 Å². The zero-order valence-electron chi connectivity index (χ0n) is 10.8. The molecule has 3 aromatic rings. The van der Waals surface area contributed by atoms with E-state index in [-0.39, 0.29) is 0 Å². The number of benzene rings is 2. The van der Waals surface area contributed by atoms with Gasteiger partial charge in [0.05, 0.1) is 0 Å². The van der Waals surface area contributed by atoms with Gasteiger partial charge in [0.15, 0.2) is 11.5 Å². The van der Waals surface area contributed by atoms with Crippen LogP contribution in [-0.2, 0) is 0 Å². The second-order valence-electron chi connectivity index (χ2n) is 5.21. The molecule has 0 fully saturated rings. The minimum Gasteiger partial charge on any atom is -0.448 e. The maximum absolute atomic E-state index is 5.95. The first-order valence-electron chi connectivity index (χ1n) is 6.33. The lowest BCUT2D eigenvalue weighted by Crippen LogP contribution is -2.29. The minimum absolute atomic E-state index is 0.642. The Hall–Kier alpha value is -2.29. The molecule has 0 unspecified atom stereocenters. The predicted molar refractivity (Wildman–Crippen MR) is 74.6 cm³/mol. The Morgan fingerprint density at radius 1 is 0.842 bits per heavy atom. The molecule has 0 spiro atoms. The van der Waals surface area contributed by atoms with Crippen LogP contribution in [-0.4, -0.2) is 10.8 Å². The van der Waals surface area contributed by atoms with E-state index in [2.05, 4.69) is 23.2 Å². The summed E-state index contributed by atoms with van der Waals surface area (Å²) in [6.45, 7) is 3.83. The fraction of sp³-hybridized carbons (Fsp3) is 0.188. The summed E-state index contributed by atoms with van der Waals surface area (Å²) in [5.41, 5.74) is 0.863. The van der Waals surface area contributed by atoms with Gasteiger partial charge in [-0.1, -0.05) is 30.3 Å². The van der Waals surface area contributed by atoms with E-state index in [4.69, 9.17) is 9.47 Å². The summed E-state index contributed by atoms with van der Waals surface area (Å²) < 4.78 is 11.9. The quantitative estimate of drug-likeness (QED) is 0.568. The van der Waals surface area contributed by atoms with Crippen molar-refractivity contribution in [2.45, 2.75) is 19.6 Å². The van der Waals surface area contributed by atoms with Crippen LogP contribution in [0.15, 0.2) is 42.6 Å². The predicted octanol–water partition coefficient (Wildman–Crippen LogP) is 3.90. The number of rotatable bonds is 0. The lowest BCUT2D eigenvalue weighted by Gasteiger charge is -2.16. The largest absolute Gasteiger partial charge is 0.448 e. The highest BCUT2D eigenvalue weighted by atomic mass is 16.7. The van der Waals surface area contributed by atoms with E-state index >= 15 is 0 Å². The topological polar surface area (TPSA) is 31.4 Å². The number of aromatic nitrogens is 1. The van der Waals surface area contributed by atoms with Gasteiger partial charge in [-0.3, -0.25) is 4.98 Å². The normalized spacial score (nSPS) is 16.1. The maximum atomic E-state index is 5.95. The van der Waals surface area contributed by atoms with Crippen LogP contribution in [0.3, 0.4) is 0 Å². The zero-order valence-corrected chi connectivity index (χ0v) is 10.8. The molecule has 94 valence electrons. The van der Waals surface area contributed by atoms with Crippen LogP contribution in [0.25, 0.3) is 21.7 Å². The number of hydrogen-bond acceptors (Lipinski definition) is 3. The van der Waals surface area contributed by atoms with E-state index in [1.807, 2.05) is 32.0 Å². The second-order valence-corrected chi connectivity index (χ2v) is 5.21. The van der Waals surface area contributed by atoms with Gasteiger partial charge in [-0.2, -0.15) is 0 Å². The Balaban J connectivity index is 2.24. The van der Waals surface area contributed by atoms with Crippen LogP contribution in [0.4, 0.5) is 0 Å². The Morgan fingerprint density at radius 2 is 1.53 bits per heavy atom. The molecular formula is C16H13NO2.